The average molecular weight is 599 g/mol. The Morgan fingerprint density at radius 2 is 1.48 bits per heavy atom. The molecule has 0 radical (unpaired) electrons. The van der Waals surface area contributed by atoms with Crippen molar-refractivity contribution in [1.29, 1.82) is 0 Å². The molecule has 12 heteroatoms. The van der Waals surface area contributed by atoms with Crippen molar-refractivity contribution in [3.05, 3.63) is 83.9 Å². The first-order chi connectivity index (χ1) is 20.2. The summed E-state index contributed by atoms with van der Waals surface area (Å²) in [5, 5.41) is 8.09. The van der Waals surface area contributed by atoms with Gasteiger partial charge in [-0.3, -0.25) is 14.4 Å². The lowest BCUT2D eigenvalue weighted by Gasteiger charge is -2.24. The molecule has 0 heterocycles. The summed E-state index contributed by atoms with van der Waals surface area (Å²) in [6.07, 6.45) is 3.83. The molecule has 0 bridgehead atoms. The first-order valence-corrected chi connectivity index (χ1v) is 14.8. The molecule has 2 aromatic carbocycles. The number of thioether (sulfide) groups is 1. The van der Waals surface area contributed by atoms with Crippen molar-refractivity contribution < 1.29 is 33.4 Å². The van der Waals surface area contributed by atoms with Crippen LogP contribution >= 0.6 is 11.8 Å². The van der Waals surface area contributed by atoms with Gasteiger partial charge in [0.1, 0.15) is 18.7 Å². The van der Waals surface area contributed by atoms with E-state index in [2.05, 4.69) is 16.0 Å². The normalized spacial score (nSPS) is 12.9. The number of nitrogens with two attached hydrogens (primary N) is 1. The molecule has 0 aromatic heterocycles. The molecule has 226 valence electrons. The lowest BCUT2D eigenvalue weighted by Crippen LogP contribution is -2.56. The van der Waals surface area contributed by atoms with Gasteiger partial charge in [0.05, 0.1) is 6.61 Å². The highest BCUT2D eigenvalue weighted by atomic mass is 32.2. The summed E-state index contributed by atoms with van der Waals surface area (Å²) in [4.78, 5) is 62.5. The minimum atomic E-state index is -1.04. The number of alkyl carbamates (subject to hydrolysis) is 1. The molecule has 2 rings (SSSR count). The maximum Gasteiger partial charge on any atom is 0.408 e. The van der Waals surface area contributed by atoms with Crippen LogP contribution in [0.2, 0.25) is 0 Å². The quantitative estimate of drug-likeness (QED) is 0.159. The zero-order chi connectivity index (χ0) is 30.7. The van der Waals surface area contributed by atoms with E-state index in [-0.39, 0.29) is 38.2 Å². The Morgan fingerprint density at radius 3 is 2.07 bits per heavy atom. The predicted molar refractivity (Wildman–Crippen MR) is 160 cm³/mol. The summed E-state index contributed by atoms with van der Waals surface area (Å²) in [6.45, 7) is 1.88. The van der Waals surface area contributed by atoms with E-state index >= 15 is 0 Å². The summed E-state index contributed by atoms with van der Waals surface area (Å²) in [7, 11) is 0. The average Bonchev–Trinajstić information content (AvgIpc) is 2.98. The number of rotatable bonds is 17. The van der Waals surface area contributed by atoms with Crippen LogP contribution in [0, 0.1) is 0 Å². The highest BCUT2D eigenvalue weighted by Gasteiger charge is 2.28. The summed E-state index contributed by atoms with van der Waals surface area (Å²) in [5.74, 6) is -2.07. The van der Waals surface area contributed by atoms with Crippen LogP contribution < -0.4 is 21.7 Å². The summed E-state index contributed by atoms with van der Waals surface area (Å²) in [6, 6.07) is 15.4. The minimum Gasteiger partial charge on any atom is -0.463 e. The van der Waals surface area contributed by atoms with Gasteiger partial charge in [-0.05, 0) is 30.7 Å². The standard InChI is InChI=1S/C30H38N4O7S/c1-3-40-27(36)17-15-23(14-16-26(31)35)32-28(37)24(18-21-10-6-4-7-11-21)33-29(38)25(20-42-2)34-30(39)41-19-22-12-8-5-9-13-22/h4-13,15,17,23-25H,3,14,16,18-20H2,1-2H3,(H2,31,35)(H,32,37)(H,33,38)(H,34,39)/b17-15+/t23-,24-,25-/m0/s1. The zero-order valence-electron chi connectivity index (χ0n) is 23.7. The molecule has 0 fully saturated rings. The molecule has 0 aliphatic rings. The Morgan fingerprint density at radius 1 is 0.857 bits per heavy atom. The Labute approximate surface area is 250 Å². The number of ether oxygens (including phenoxy) is 2. The van der Waals surface area contributed by atoms with Crippen LogP contribution in [0.1, 0.15) is 30.9 Å². The number of esters is 1. The minimum absolute atomic E-state index is 0.0331. The second-order valence-electron chi connectivity index (χ2n) is 9.20. The largest absolute Gasteiger partial charge is 0.463 e. The van der Waals surface area contributed by atoms with E-state index in [1.807, 2.05) is 60.7 Å². The van der Waals surface area contributed by atoms with Crippen LogP contribution in [0.4, 0.5) is 4.79 Å². The molecular formula is C30H38N4O7S. The molecule has 11 nitrogen and oxygen atoms in total. The van der Waals surface area contributed by atoms with Crippen LogP contribution in [0.15, 0.2) is 72.8 Å². The first-order valence-electron chi connectivity index (χ1n) is 13.5. The fourth-order valence-electron chi connectivity index (χ4n) is 3.77. The van der Waals surface area contributed by atoms with E-state index in [9.17, 15) is 24.0 Å². The number of amides is 4. The second kappa shape index (κ2) is 18.9. The van der Waals surface area contributed by atoms with E-state index in [0.717, 1.165) is 11.1 Å². The second-order valence-corrected chi connectivity index (χ2v) is 10.1. The van der Waals surface area contributed by atoms with E-state index in [1.165, 1.54) is 23.9 Å². The fourth-order valence-corrected chi connectivity index (χ4v) is 4.34. The van der Waals surface area contributed by atoms with Crippen LogP contribution in [0.25, 0.3) is 0 Å². The van der Waals surface area contributed by atoms with Gasteiger partial charge in [0.25, 0.3) is 0 Å². The number of hydrogen-bond donors (Lipinski definition) is 4. The highest BCUT2D eigenvalue weighted by molar-refractivity contribution is 7.98. The number of carbonyl (C=O) groups is 5. The van der Waals surface area contributed by atoms with Gasteiger partial charge in [-0.25, -0.2) is 9.59 Å². The van der Waals surface area contributed by atoms with Crippen molar-refractivity contribution in [3.63, 3.8) is 0 Å². The molecule has 3 atom stereocenters. The fraction of sp³-hybridized carbons (Fsp3) is 0.367. The molecule has 0 aliphatic heterocycles. The maximum absolute atomic E-state index is 13.5. The Balaban J connectivity index is 2.17. The predicted octanol–water partition coefficient (Wildman–Crippen LogP) is 2.24. The van der Waals surface area contributed by atoms with Gasteiger partial charge in [0, 0.05) is 30.7 Å². The van der Waals surface area contributed by atoms with E-state index < -0.39 is 47.9 Å². The van der Waals surface area contributed by atoms with Crippen LogP contribution in [0.5, 0.6) is 0 Å². The third-order valence-corrected chi connectivity index (χ3v) is 6.52. The van der Waals surface area contributed by atoms with Gasteiger partial charge in [-0.1, -0.05) is 66.7 Å². The molecule has 5 N–H and O–H groups in total. The molecule has 0 spiro atoms. The van der Waals surface area contributed by atoms with Crippen molar-refractivity contribution in [2.45, 2.75) is 50.9 Å². The molecule has 0 saturated heterocycles. The smallest absolute Gasteiger partial charge is 0.408 e. The lowest BCUT2D eigenvalue weighted by atomic mass is 10.0. The van der Waals surface area contributed by atoms with Crippen molar-refractivity contribution in [2.24, 2.45) is 5.73 Å². The van der Waals surface area contributed by atoms with E-state index in [0.29, 0.717) is 0 Å². The van der Waals surface area contributed by atoms with Gasteiger partial charge in [0.15, 0.2) is 0 Å². The number of hydrogen-bond acceptors (Lipinski definition) is 8. The SMILES string of the molecule is CCOC(=O)/C=C/[C@H](CCC(N)=O)NC(=O)[C@H](Cc1ccccc1)NC(=O)[C@H](CSC)NC(=O)OCc1ccccc1. The topological polar surface area (TPSA) is 166 Å². The van der Waals surface area contributed by atoms with Gasteiger partial charge < -0.3 is 31.2 Å². The Bertz CT molecular complexity index is 1190. The monoisotopic (exact) mass is 598 g/mol. The summed E-state index contributed by atoms with van der Waals surface area (Å²) >= 11 is 1.34. The highest BCUT2D eigenvalue weighted by Crippen LogP contribution is 2.08. The lowest BCUT2D eigenvalue weighted by molar-refractivity contribution is -0.137. The van der Waals surface area contributed by atoms with E-state index in [4.69, 9.17) is 15.2 Å². The Hall–Kier alpha value is -4.32. The number of primary amides is 1. The van der Waals surface area contributed by atoms with E-state index in [1.54, 1.807) is 13.2 Å². The number of benzene rings is 2. The van der Waals surface area contributed by atoms with Gasteiger partial charge in [0.2, 0.25) is 17.7 Å². The molecule has 4 amide bonds. The summed E-state index contributed by atoms with van der Waals surface area (Å²) in [5.41, 5.74) is 6.86. The molecule has 0 saturated carbocycles. The molecule has 2 aromatic rings. The third kappa shape index (κ3) is 13.4. The number of nitrogens with one attached hydrogen (secondary N) is 3. The van der Waals surface area contributed by atoms with Gasteiger partial charge in [-0.2, -0.15) is 11.8 Å². The van der Waals surface area contributed by atoms with Crippen molar-refractivity contribution in [2.75, 3.05) is 18.6 Å². The first kappa shape index (κ1) is 33.9. The van der Waals surface area contributed by atoms with Gasteiger partial charge >= 0.3 is 12.1 Å². The molecule has 0 unspecified atom stereocenters. The third-order valence-electron chi connectivity index (χ3n) is 5.85. The number of carbonyl (C=O) groups excluding carboxylic acids is 5. The Kier molecular flexibility index (Phi) is 15.3. The molecular weight excluding hydrogens is 560 g/mol. The molecule has 42 heavy (non-hydrogen) atoms. The van der Waals surface area contributed by atoms with Gasteiger partial charge in [-0.15, -0.1) is 0 Å². The van der Waals surface area contributed by atoms with Crippen molar-refractivity contribution >= 4 is 41.5 Å². The van der Waals surface area contributed by atoms with Crippen molar-refractivity contribution in [1.82, 2.24) is 16.0 Å². The zero-order valence-corrected chi connectivity index (χ0v) is 24.6. The summed E-state index contributed by atoms with van der Waals surface area (Å²) < 4.78 is 10.2. The van der Waals surface area contributed by atoms with Crippen LogP contribution in [-0.2, 0) is 41.7 Å². The maximum atomic E-state index is 13.5. The van der Waals surface area contributed by atoms with Crippen LogP contribution in [-0.4, -0.2) is 66.5 Å². The van der Waals surface area contributed by atoms with Crippen molar-refractivity contribution in [3.8, 4) is 0 Å². The van der Waals surface area contributed by atoms with Crippen LogP contribution in [0.3, 0.4) is 0 Å². The molecule has 0 aliphatic carbocycles.